The highest BCUT2D eigenvalue weighted by Gasteiger charge is 2.48. The third-order valence-electron chi connectivity index (χ3n) is 5.59. The van der Waals surface area contributed by atoms with E-state index in [-0.39, 0.29) is 24.6 Å². The Labute approximate surface area is 140 Å². The number of hydrogen-bond donors (Lipinski definition) is 3. The number of rotatable bonds is 4. The van der Waals surface area contributed by atoms with Crippen LogP contribution in [0.2, 0.25) is 0 Å². The van der Waals surface area contributed by atoms with Crippen molar-refractivity contribution in [2.24, 2.45) is 11.8 Å². The van der Waals surface area contributed by atoms with Gasteiger partial charge in [0.15, 0.2) is 0 Å². The third-order valence-corrected chi connectivity index (χ3v) is 5.59. The summed E-state index contributed by atoms with van der Waals surface area (Å²) in [5.41, 5.74) is -0.428. The van der Waals surface area contributed by atoms with E-state index in [2.05, 4.69) is 16.0 Å². The van der Waals surface area contributed by atoms with Crippen LogP contribution >= 0.6 is 0 Å². The number of hydrogen-bond acceptors (Lipinski definition) is 4. The topological polar surface area (TPSA) is 62.4 Å². The quantitative estimate of drug-likeness (QED) is 0.721. The average molecular weight is 349 g/mol. The summed E-state index contributed by atoms with van der Waals surface area (Å²) in [6, 6.07) is 0. The zero-order valence-corrected chi connectivity index (χ0v) is 13.8. The maximum Gasteiger partial charge on any atom is 0.411 e. The molecule has 1 unspecified atom stereocenters. The number of alkyl halides is 3. The number of piperidine rings is 1. The number of carbonyl (C=O) groups is 1. The van der Waals surface area contributed by atoms with E-state index < -0.39 is 18.3 Å². The zero-order valence-electron chi connectivity index (χ0n) is 13.8. The Morgan fingerprint density at radius 2 is 1.79 bits per heavy atom. The van der Waals surface area contributed by atoms with Gasteiger partial charge in [0, 0.05) is 6.61 Å². The lowest BCUT2D eigenvalue weighted by molar-refractivity contribution is -0.177. The predicted molar refractivity (Wildman–Crippen MR) is 82.2 cm³/mol. The molecule has 1 atom stereocenters. The lowest BCUT2D eigenvalue weighted by Crippen LogP contribution is -2.54. The van der Waals surface area contributed by atoms with Crippen molar-refractivity contribution in [3.8, 4) is 0 Å². The van der Waals surface area contributed by atoms with Crippen LogP contribution < -0.4 is 16.0 Å². The molecule has 0 radical (unpaired) electrons. The molecule has 1 saturated carbocycles. The van der Waals surface area contributed by atoms with Gasteiger partial charge in [-0.2, -0.15) is 13.2 Å². The molecule has 0 aromatic rings. The first-order valence-electron chi connectivity index (χ1n) is 8.82. The molecule has 0 aromatic carbocycles. The summed E-state index contributed by atoms with van der Waals surface area (Å²) in [5, 5.41) is 9.90. The van der Waals surface area contributed by atoms with E-state index in [1.165, 1.54) is 0 Å². The van der Waals surface area contributed by atoms with Crippen LogP contribution in [0.3, 0.4) is 0 Å². The largest absolute Gasteiger partial charge is 0.411 e. The van der Waals surface area contributed by atoms with Crippen molar-refractivity contribution in [3.63, 3.8) is 0 Å². The lowest BCUT2D eigenvalue weighted by Gasteiger charge is -2.35. The Morgan fingerprint density at radius 1 is 1.12 bits per heavy atom. The highest BCUT2D eigenvalue weighted by molar-refractivity contribution is 5.89. The highest BCUT2D eigenvalue weighted by Crippen LogP contribution is 2.34. The number of ether oxygens (including phenoxy) is 1. The Morgan fingerprint density at radius 3 is 2.42 bits per heavy atom. The Bertz CT molecular complexity index is 444. The van der Waals surface area contributed by atoms with Crippen LogP contribution in [0.25, 0.3) is 0 Å². The molecule has 0 aromatic heterocycles. The summed E-state index contributed by atoms with van der Waals surface area (Å²) in [4.78, 5) is 12.4. The van der Waals surface area contributed by atoms with Gasteiger partial charge in [-0.05, 0) is 63.5 Å². The first-order valence-corrected chi connectivity index (χ1v) is 8.82. The fourth-order valence-electron chi connectivity index (χ4n) is 4.17. The van der Waals surface area contributed by atoms with Crippen molar-refractivity contribution in [2.75, 3.05) is 26.3 Å². The van der Waals surface area contributed by atoms with Gasteiger partial charge in [-0.25, -0.2) is 0 Å². The molecular formula is C16H26F3N3O2. The van der Waals surface area contributed by atoms with Crippen LogP contribution in [0.5, 0.6) is 0 Å². The molecule has 1 spiro atoms. The molecule has 3 fully saturated rings. The summed E-state index contributed by atoms with van der Waals surface area (Å²) in [6.45, 7) is 0.697. The first kappa shape index (κ1) is 17.9. The number of nitrogens with one attached hydrogen (secondary N) is 3. The maximum atomic E-state index is 12.4. The second-order valence-corrected chi connectivity index (χ2v) is 7.34. The summed E-state index contributed by atoms with van der Waals surface area (Å²) in [7, 11) is 0. The van der Waals surface area contributed by atoms with Gasteiger partial charge in [-0.15, -0.1) is 0 Å². The van der Waals surface area contributed by atoms with E-state index in [0.29, 0.717) is 5.92 Å². The molecule has 3 N–H and O–H groups in total. The third kappa shape index (κ3) is 4.21. The summed E-state index contributed by atoms with van der Waals surface area (Å²) < 4.78 is 41.1. The van der Waals surface area contributed by atoms with Gasteiger partial charge in [0.1, 0.15) is 12.1 Å². The van der Waals surface area contributed by atoms with Crippen LogP contribution in [0.1, 0.15) is 38.5 Å². The number of halogens is 3. The Kier molecular flexibility index (Phi) is 5.36. The average Bonchev–Trinajstić information content (AvgIpc) is 2.84. The van der Waals surface area contributed by atoms with Crippen molar-refractivity contribution in [1.82, 2.24) is 16.0 Å². The first-order chi connectivity index (χ1) is 11.4. The van der Waals surface area contributed by atoms with Crippen molar-refractivity contribution in [3.05, 3.63) is 0 Å². The molecule has 24 heavy (non-hydrogen) atoms. The molecule has 138 valence electrons. The van der Waals surface area contributed by atoms with Gasteiger partial charge in [0.05, 0.1) is 6.17 Å². The molecule has 2 saturated heterocycles. The Hall–Kier alpha value is -0.860. The lowest BCUT2D eigenvalue weighted by atomic mass is 9.80. The molecule has 5 nitrogen and oxygen atoms in total. The molecule has 3 aliphatic rings. The molecule has 0 bridgehead atoms. The van der Waals surface area contributed by atoms with Gasteiger partial charge >= 0.3 is 6.18 Å². The van der Waals surface area contributed by atoms with E-state index in [1.807, 2.05) is 0 Å². The van der Waals surface area contributed by atoms with Crippen LogP contribution in [0.4, 0.5) is 13.2 Å². The van der Waals surface area contributed by atoms with Crippen molar-refractivity contribution < 1.29 is 22.7 Å². The molecule has 2 aliphatic heterocycles. The second-order valence-electron chi connectivity index (χ2n) is 7.34. The predicted octanol–water partition coefficient (Wildman–Crippen LogP) is 1.54. The summed E-state index contributed by atoms with van der Waals surface area (Å²) >= 11 is 0. The van der Waals surface area contributed by atoms with Crippen molar-refractivity contribution in [2.45, 2.75) is 56.4 Å². The number of amides is 1. The minimum atomic E-state index is -4.25. The second kappa shape index (κ2) is 7.17. The van der Waals surface area contributed by atoms with Crippen molar-refractivity contribution >= 4 is 5.91 Å². The van der Waals surface area contributed by atoms with Gasteiger partial charge in [0.25, 0.3) is 0 Å². The van der Waals surface area contributed by atoms with Crippen molar-refractivity contribution in [1.29, 1.82) is 0 Å². The van der Waals surface area contributed by atoms with E-state index in [0.717, 1.165) is 51.6 Å². The minimum absolute atomic E-state index is 0.00681. The van der Waals surface area contributed by atoms with E-state index in [4.69, 9.17) is 4.74 Å². The van der Waals surface area contributed by atoms with E-state index in [1.54, 1.807) is 0 Å². The van der Waals surface area contributed by atoms with E-state index >= 15 is 0 Å². The molecular weight excluding hydrogens is 323 g/mol. The fourth-order valence-corrected chi connectivity index (χ4v) is 4.17. The number of carbonyl (C=O) groups excluding carboxylic acids is 1. The molecule has 3 rings (SSSR count). The van der Waals surface area contributed by atoms with Crippen LogP contribution in [0.15, 0.2) is 0 Å². The van der Waals surface area contributed by atoms with Crippen LogP contribution in [-0.4, -0.2) is 50.1 Å². The molecule has 1 aliphatic carbocycles. The summed E-state index contributed by atoms with van der Waals surface area (Å²) in [5.74, 6) is 0.639. The molecule has 2 heterocycles. The van der Waals surface area contributed by atoms with Crippen LogP contribution in [-0.2, 0) is 9.53 Å². The molecule has 8 heteroatoms. The van der Waals surface area contributed by atoms with E-state index in [9.17, 15) is 18.0 Å². The normalized spacial score (nSPS) is 33.6. The molecule has 1 amide bonds. The minimum Gasteiger partial charge on any atom is -0.372 e. The Balaban J connectivity index is 1.43. The van der Waals surface area contributed by atoms with Gasteiger partial charge in [0.2, 0.25) is 5.91 Å². The van der Waals surface area contributed by atoms with Gasteiger partial charge < -0.3 is 15.4 Å². The summed E-state index contributed by atoms with van der Waals surface area (Å²) in [6.07, 6.45) is 0.867. The smallest absolute Gasteiger partial charge is 0.372 e. The standard InChI is InChI=1S/C16H26F3N3O2/c17-16(18,19)10-24-9-11-1-3-12(4-2-11)13-21-14(23)15(22-13)5-7-20-8-6-15/h11-13,20,22H,1-10H2,(H,21,23). The SMILES string of the molecule is O=C1NC(C2CCC(COCC(F)(F)F)CC2)NC12CCNCC2. The highest BCUT2D eigenvalue weighted by atomic mass is 19.4. The maximum absolute atomic E-state index is 12.4. The fraction of sp³-hybridized carbons (Fsp3) is 0.938. The van der Waals surface area contributed by atoms with Gasteiger partial charge in [-0.1, -0.05) is 0 Å². The zero-order chi connectivity index (χ0) is 17.2. The van der Waals surface area contributed by atoms with Crippen LogP contribution in [0, 0.1) is 11.8 Å². The monoisotopic (exact) mass is 349 g/mol. The van der Waals surface area contributed by atoms with Gasteiger partial charge in [-0.3, -0.25) is 10.1 Å².